The Morgan fingerprint density at radius 1 is 1.21 bits per heavy atom. The Balaban J connectivity index is 2.49. The van der Waals surface area contributed by atoms with Crippen LogP contribution in [0, 0.1) is 12.3 Å². The Kier molecular flexibility index (Phi) is 3.98. The summed E-state index contributed by atoms with van der Waals surface area (Å²) in [5.74, 6) is 0.891. The van der Waals surface area contributed by atoms with Gasteiger partial charge in [-0.1, -0.05) is 35.3 Å². The van der Waals surface area contributed by atoms with Gasteiger partial charge in [0.1, 0.15) is 17.3 Å². The van der Waals surface area contributed by atoms with Crippen molar-refractivity contribution < 1.29 is 4.74 Å². The molecular weight excluding hydrogens is 283 g/mol. The predicted octanol–water partition coefficient (Wildman–Crippen LogP) is 4.38. The van der Waals surface area contributed by atoms with Gasteiger partial charge in [-0.25, -0.2) is 0 Å². The Hall–Kier alpha value is -1.71. The fraction of sp³-hybridized carbons (Fsp3) is 0.0714. The summed E-state index contributed by atoms with van der Waals surface area (Å²) >= 11 is 12.0. The molecule has 0 unspecified atom stereocenters. The maximum atomic E-state index is 7.57. The van der Waals surface area contributed by atoms with Crippen LogP contribution in [0.3, 0.4) is 0 Å². The third kappa shape index (κ3) is 3.00. The van der Waals surface area contributed by atoms with E-state index in [2.05, 4.69) is 0 Å². The topological polar surface area (TPSA) is 59.1 Å². The number of para-hydroxylation sites is 1. The quantitative estimate of drug-likeness (QED) is 0.652. The summed E-state index contributed by atoms with van der Waals surface area (Å²) in [5.41, 5.74) is 6.94. The molecule has 0 bridgehead atoms. The van der Waals surface area contributed by atoms with Crippen LogP contribution < -0.4 is 10.5 Å². The van der Waals surface area contributed by atoms with Gasteiger partial charge in [0, 0.05) is 11.1 Å². The average molecular weight is 295 g/mol. The molecule has 19 heavy (non-hydrogen) atoms. The van der Waals surface area contributed by atoms with Crippen LogP contribution in [-0.2, 0) is 0 Å². The highest BCUT2D eigenvalue weighted by molar-refractivity contribution is 6.34. The Labute approximate surface area is 121 Å². The number of ether oxygens (including phenoxy) is 1. The van der Waals surface area contributed by atoms with Gasteiger partial charge in [0.2, 0.25) is 0 Å². The molecular formula is C14H12Cl2N2O. The summed E-state index contributed by atoms with van der Waals surface area (Å²) < 4.78 is 5.78. The van der Waals surface area contributed by atoms with Gasteiger partial charge in [-0.2, -0.15) is 0 Å². The molecule has 3 nitrogen and oxygen atoms in total. The molecule has 0 aliphatic rings. The summed E-state index contributed by atoms with van der Waals surface area (Å²) in [6, 6.07) is 10.4. The van der Waals surface area contributed by atoms with Gasteiger partial charge >= 0.3 is 0 Å². The second kappa shape index (κ2) is 5.51. The van der Waals surface area contributed by atoms with Crippen LogP contribution in [-0.4, -0.2) is 5.84 Å². The number of halogens is 2. The average Bonchev–Trinajstić information content (AvgIpc) is 2.35. The summed E-state index contributed by atoms with van der Waals surface area (Å²) in [7, 11) is 0. The van der Waals surface area contributed by atoms with Crippen molar-refractivity contribution in [2.24, 2.45) is 5.73 Å². The van der Waals surface area contributed by atoms with Crippen molar-refractivity contribution in [3.05, 3.63) is 57.6 Å². The number of amidine groups is 1. The van der Waals surface area contributed by atoms with Crippen LogP contribution in [0.25, 0.3) is 0 Å². The number of nitrogen functional groups attached to an aromatic ring is 1. The number of hydrogen-bond donors (Lipinski definition) is 2. The van der Waals surface area contributed by atoms with E-state index in [1.807, 2.05) is 19.1 Å². The third-order valence-corrected chi connectivity index (χ3v) is 3.15. The molecule has 2 rings (SSSR count). The molecule has 0 saturated carbocycles. The minimum atomic E-state index is -0.0585. The predicted molar refractivity (Wildman–Crippen MR) is 78.7 cm³/mol. The molecule has 5 heteroatoms. The molecule has 0 spiro atoms. The van der Waals surface area contributed by atoms with E-state index in [1.165, 1.54) is 0 Å². The first kappa shape index (κ1) is 13.7. The Bertz CT molecular complexity index is 641. The van der Waals surface area contributed by atoms with Gasteiger partial charge in [-0.15, -0.1) is 0 Å². The minimum absolute atomic E-state index is 0.0585. The highest BCUT2D eigenvalue weighted by atomic mass is 35.5. The van der Waals surface area contributed by atoms with Gasteiger partial charge < -0.3 is 10.5 Å². The van der Waals surface area contributed by atoms with Crippen molar-refractivity contribution in [2.75, 3.05) is 0 Å². The highest BCUT2D eigenvalue weighted by Gasteiger charge is 2.12. The van der Waals surface area contributed by atoms with Gasteiger partial charge in [0.15, 0.2) is 0 Å². The molecule has 0 aliphatic carbocycles. The molecule has 0 saturated heterocycles. The molecule has 0 fully saturated rings. The molecule has 98 valence electrons. The fourth-order valence-electron chi connectivity index (χ4n) is 1.67. The molecule has 3 N–H and O–H groups in total. The largest absolute Gasteiger partial charge is 0.455 e. The van der Waals surface area contributed by atoms with Crippen LogP contribution in [0.4, 0.5) is 0 Å². The summed E-state index contributed by atoms with van der Waals surface area (Å²) in [5, 5.41) is 8.55. The Morgan fingerprint density at radius 2 is 1.95 bits per heavy atom. The lowest BCUT2D eigenvalue weighted by Crippen LogP contribution is -2.12. The molecule has 0 atom stereocenters. The molecule has 2 aromatic carbocycles. The number of hydrogen-bond acceptors (Lipinski definition) is 2. The van der Waals surface area contributed by atoms with E-state index >= 15 is 0 Å². The molecule has 2 aromatic rings. The van der Waals surface area contributed by atoms with E-state index in [0.29, 0.717) is 27.1 Å². The zero-order chi connectivity index (χ0) is 14.0. The van der Waals surface area contributed by atoms with Crippen molar-refractivity contribution in [1.82, 2.24) is 0 Å². The minimum Gasteiger partial charge on any atom is -0.455 e. The SMILES string of the molecule is Cc1cccc(C(=N)N)c1Oc1cc(Cl)ccc1Cl. The first-order chi connectivity index (χ1) is 8.99. The maximum Gasteiger partial charge on any atom is 0.147 e. The molecule has 0 aromatic heterocycles. The number of nitrogens with one attached hydrogen (secondary N) is 1. The summed E-state index contributed by atoms with van der Waals surface area (Å²) in [6.45, 7) is 1.88. The van der Waals surface area contributed by atoms with Crippen LogP contribution in [0.2, 0.25) is 10.0 Å². The van der Waals surface area contributed by atoms with E-state index in [0.717, 1.165) is 5.56 Å². The van der Waals surface area contributed by atoms with Crippen LogP contribution in [0.15, 0.2) is 36.4 Å². The fourth-order valence-corrected chi connectivity index (χ4v) is 1.98. The van der Waals surface area contributed by atoms with Crippen molar-refractivity contribution in [3.63, 3.8) is 0 Å². The van der Waals surface area contributed by atoms with Crippen LogP contribution in [0.5, 0.6) is 11.5 Å². The number of rotatable bonds is 3. The maximum absolute atomic E-state index is 7.57. The normalized spacial score (nSPS) is 10.3. The van der Waals surface area contributed by atoms with E-state index in [9.17, 15) is 0 Å². The molecule has 0 amide bonds. The molecule has 0 aliphatic heterocycles. The lowest BCUT2D eigenvalue weighted by molar-refractivity contribution is 0.478. The third-order valence-electron chi connectivity index (χ3n) is 2.61. The van der Waals surface area contributed by atoms with Crippen molar-refractivity contribution >= 4 is 29.0 Å². The van der Waals surface area contributed by atoms with E-state index in [1.54, 1.807) is 24.3 Å². The summed E-state index contributed by atoms with van der Waals surface area (Å²) in [6.07, 6.45) is 0. The second-order valence-corrected chi connectivity index (χ2v) is 4.89. The first-order valence-corrected chi connectivity index (χ1v) is 6.31. The lowest BCUT2D eigenvalue weighted by Gasteiger charge is -2.14. The van der Waals surface area contributed by atoms with Gasteiger partial charge in [0.05, 0.1) is 10.6 Å². The van der Waals surface area contributed by atoms with Crippen molar-refractivity contribution in [2.45, 2.75) is 6.92 Å². The van der Waals surface area contributed by atoms with Gasteiger partial charge in [0.25, 0.3) is 0 Å². The standard InChI is InChI=1S/C14H12Cl2N2O/c1-8-3-2-4-10(14(17)18)13(8)19-12-7-9(15)5-6-11(12)16/h2-7H,1H3,(H3,17,18). The molecule has 0 radical (unpaired) electrons. The Morgan fingerprint density at radius 3 is 2.63 bits per heavy atom. The monoisotopic (exact) mass is 294 g/mol. The highest BCUT2D eigenvalue weighted by Crippen LogP contribution is 2.34. The van der Waals surface area contributed by atoms with Crippen molar-refractivity contribution in [1.29, 1.82) is 5.41 Å². The number of nitrogens with two attached hydrogens (primary N) is 1. The zero-order valence-electron chi connectivity index (χ0n) is 10.2. The van der Waals surface area contributed by atoms with Gasteiger partial charge in [-0.05, 0) is 30.7 Å². The summed E-state index contributed by atoms with van der Waals surface area (Å²) in [4.78, 5) is 0. The van der Waals surface area contributed by atoms with Crippen molar-refractivity contribution in [3.8, 4) is 11.5 Å². The van der Waals surface area contributed by atoms with Crippen LogP contribution in [0.1, 0.15) is 11.1 Å². The van der Waals surface area contributed by atoms with E-state index in [4.69, 9.17) is 39.1 Å². The van der Waals surface area contributed by atoms with E-state index in [-0.39, 0.29) is 5.84 Å². The lowest BCUT2D eigenvalue weighted by atomic mass is 10.1. The second-order valence-electron chi connectivity index (χ2n) is 4.04. The van der Waals surface area contributed by atoms with Crippen LogP contribution >= 0.6 is 23.2 Å². The van der Waals surface area contributed by atoms with E-state index < -0.39 is 0 Å². The zero-order valence-corrected chi connectivity index (χ0v) is 11.7. The smallest absolute Gasteiger partial charge is 0.147 e. The number of benzene rings is 2. The molecule has 0 heterocycles. The number of aryl methyl sites for hydroxylation is 1. The first-order valence-electron chi connectivity index (χ1n) is 5.56. The van der Waals surface area contributed by atoms with Gasteiger partial charge in [-0.3, -0.25) is 5.41 Å².